The van der Waals surface area contributed by atoms with Crippen LogP contribution >= 0.6 is 0 Å². The highest BCUT2D eigenvalue weighted by molar-refractivity contribution is 4.12. The summed E-state index contributed by atoms with van der Waals surface area (Å²) >= 11 is 0. The first kappa shape index (κ1) is 8.88. The Morgan fingerprint density at radius 2 is 1.40 bits per heavy atom. The first-order valence-corrected chi connectivity index (χ1v) is 1.91. The van der Waals surface area contributed by atoms with Crippen molar-refractivity contribution >= 4 is 0 Å². The molecule has 0 radical (unpaired) electrons. The van der Waals surface area contributed by atoms with Crippen LogP contribution < -0.4 is 0 Å². The Labute approximate surface area is 34.8 Å². The number of hydrogen-bond donors (Lipinski definition) is 0. The summed E-state index contributed by atoms with van der Waals surface area (Å²) in [6, 6.07) is 0. The number of hydrogen-bond acceptors (Lipinski definition) is 0. The Bertz CT molecular complexity index is 9.51. The summed E-state index contributed by atoms with van der Waals surface area (Å²) in [7, 11) is 0. The largest absolute Gasteiger partial charge is 0.412 e. The Morgan fingerprint density at radius 3 is 1.40 bits per heavy atom. The minimum atomic E-state index is 0. The molecule has 0 bridgehead atoms. The third kappa shape index (κ3) is 16.5. The Kier molecular flexibility index (Phi) is 16.0. The molecule has 0 aromatic carbocycles. The molecule has 36 valence electrons. The van der Waals surface area contributed by atoms with Gasteiger partial charge in [0.2, 0.25) is 0 Å². The summed E-state index contributed by atoms with van der Waals surface area (Å²) in [5.74, 6) is 0. The SMILES string of the molecule is CCCC.O.[HH]. The normalized spacial score (nSPS) is 6.00. The molecular weight excluding hydrogens is 64.0 g/mol. The van der Waals surface area contributed by atoms with Gasteiger partial charge in [0, 0.05) is 1.43 Å². The highest BCUT2D eigenvalue weighted by Gasteiger charge is 1.56. The fourth-order valence-electron chi connectivity index (χ4n) is 0. The molecule has 0 fully saturated rings. The molecule has 0 aromatic rings. The van der Waals surface area contributed by atoms with Gasteiger partial charge >= 0.3 is 0 Å². The smallest absolute Gasteiger partial charge is 0 e. The molecule has 2 N–H and O–H groups in total. The summed E-state index contributed by atoms with van der Waals surface area (Å²) in [5.41, 5.74) is 0. The highest BCUT2D eigenvalue weighted by Crippen LogP contribution is 1.76. The van der Waals surface area contributed by atoms with Crippen molar-refractivity contribution in [2.45, 2.75) is 26.7 Å². The predicted molar refractivity (Wildman–Crippen MR) is 26.3 cm³/mol. The van der Waals surface area contributed by atoms with Gasteiger partial charge in [-0.05, 0) is 0 Å². The van der Waals surface area contributed by atoms with E-state index in [1.807, 2.05) is 0 Å². The Hall–Kier alpha value is -0.0400. The van der Waals surface area contributed by atoms with Crippen LogP contribution in [-0.2, 0) is 0 Å². The van der Waals surface area contributed by atoms with Gasteiger partial charge in [-0.1, -0.05) is 26.7 Å². The Morgan fingerprint density at radius 1 is 1.20 bits per heavy atom. The second kappa shape index (κ2) is 9.03. The lowest BCUT2D eigenvalue weighted by atomic mass is 10.4. The van der Waals surface area contributed by atoms with Gasteiger partial charge in [0.15, 0.2) is 0 Å². The van der Waals surface area contributed by atoms with E-state index in [1.165, 1.54) is 12.8 Å². The average molecular weight is 78.2 g/mol. The maximum absolute atomic E-state index is 2.18. The van der Waals surface area contributed by atoms with Crippen LogP contribution in [0.3, 0.4) is 0 Å². The van der Waals surface area contributed by atoms with Crippen LogP contribution in [0.25, 0.3) is 0 Å². The minimum Gasteiger partial charge on any atom is -0.412 e. The van der Waals surface area contributed by atoms with E-state index in [-0.39, 0.29) is 6.90 Å². The standard InChI is InChI=1S/C4H10.H2O.H2/c1-3-4-2;;/h3-4H2,1-2H3;1H2;1H. The molecule has 0 aliphatic carbocycles. The molecule has 0 aliphatic rings. The molecule has 0 aromatic heterocycles. The lowest BCUT2D eigenvalue weighted by Crippen LogP contribution is -1.47. The van der Waals surface area contributed by atoms with Gasteiger partial charge in [0.25, 0.3) is 0 Å². The zero-order valence-corrected chi connectivity index (χ0v) is 3.91. The fourth-order valence-corrected chi connectivity index (χ4v) is 0. The van der Waals surface area contributed by atoms with E-state index < -0.39 is 0 Å². The summed E-state index contributed by atoms with van der Waals surface area (Å²) in [6.07, 6.45) is 2.64. The number of unbranched alkanes of at least 4 members (excludes halogenated alkanes) is 1. The maximum Gasteiger partial charge on any atom is 0 e. The number of rotatable bonds is 1. The van der Waals surface area contributed by atoms with Crippen LogP contribution in [0.5, 0.6) is 0 Å². The van der Waals surface area contributed by atoms with Crippen molar-refractivity contribution in [2.75, 3.05) is 0 Å². The Balaban J connectivity index is -0.0000000450. The van der Waals surface area contributed by atoms with Crippen LogP contribution in [-0.4, -0.2) is 5.48 Å². The van der Waals surface area contributed by atoms with Crippen molar-refractivity contribution in [3.8, 4) is 0 Å². The molecule has 1 nitrogen and oxygen atoms in total. The van der Waals surface area contributed by atoms with Gasteiger partial charge in [0.05, 0.1) is 0 Å². The summed E-state index contributed by atoms with van der Waals surface area (Å²) in [4.78, 5) is 0. The molecule has 0 amide bonds. The molecule has 0 aliphatic heterocycles. The van der Waals surface area contributed by atoms with Crippen molar-refractivity contribution in [1.82, 2.24) is 0 Å². The lowest BCUT2D eigenvalue weighted by molar-refractivity contribution is 0.824. The average Bonchev–Trinajstić information content (AvgIpc) is 1.37. The van der Waals surface area contributed by atoms with Gasteiger partial charge in [-0.2, -0.15) is 0 Å². The van der Waals surface area contributed by atoms with Crippen LogP contribution in [0, 0.1) is 0 Å². The van der Waals surface area contributed by atoms with E-state index in [4.69, 9.17) is 0 Å². The van der Waals surface area contributed by atoms with E-state index in [0.717, 1.165) is 0 Å². The topological polar surface area (TPSA) is 31.5 Å². The second-order valence-corrected chi connectivity index (χ2v) is 1.000. The van der Waals surface area contributed by atoms with Crippen molar-refractivity contribution in [3.05, 3.63) is 0 Å². The molecule has 0 unspecified atom stereocenters. The first-order chi connectivity index (χ1) is 1.91. The molecule has 0 saturated carbocycles. The summed E-state index contributed by atoms with van der Waals surface area (Å²) in [5, 5.41) is 0. The van der Waals surface area contributed by atoms with Gasteiger partial charge < -0.3 is 5.48 Å². The third-order valence-corrected chi connectivity index (χ3v) is 0.500. The van der Waals surface area contributed by atoms with E-state index in [0.29, 0.717) is 0 Å². The van der Waals surface area contributed by atoms with Crippen molar-refractivity contribution in [2.24, 2.45) is 0 Å². The summed E-state index contributed by atoms with van der Waals surface area (Å²) in [6.45, 7) is 4.36. The van der Waals surface area contributed by atoms with Crippen molar-refractivity contribution in [3.63, 3.8) is 0 Å². The molecule has 0 spiro atoms. The second-order valence-electron chi connectivity index (χ2n) is 1.000. The molecule has 0 saturated heterocycles. The van der Waals surface area contributed by atoms with Gasteiger partial charge in [-0.15, -0.1) is 0 Å². The molecule has 0 atom stereocenters. The maximum atomic E-state index is 2.18. The molecule has 5 heavy (non-hydrogen) atoms. The van der Waals surface area contributed by atoms with Crippen LogP contribution in [0.2, 0.25) is 0 Å². The zero-order valence-electron chi connectivity index (χ0n) is 3.91. The fraction of sp³-hybridized carbons (Fsp3) is 1.00. The van der Waals surface area contributed by atoms with Crippen LogP contribution in [0.15, 0.2) is 0 Å². The third-order valence-electron chi connectivity index (χ3n) is 0.500. The van der Waals surface area contributed by atoms with Crippen LogP contribution in [0.1, 0.15) is 28.1 Å². The quantitative estimate of drug-likeness (QED) is 0.451. The highest BCUT2D eigenvalue weighted by atomic mass is 16.0. The van der Waals surface area contributed by atoms with Crippen molar-refractivity contribution in [1.29, 1.82) is 0 Å². The summed E-state index contributed by atoms with van der Waals surface area (Å²) < 4.78 is 0. The van der Waals surface area contributed by atoms with E-state index in [1.54, 1.807) is 0 Å². The van der Waals surface area contributed by atoms with Crippen molar-refractivity contribution < 1.29 is 6.90 Å². The molecule has 1 heteroatoms. The first-order valence-electron chi connectivity index (χ1n) is 1.91. The lowest BCUT2D eigenvalue weighted by Gasteiger charge is -1.68. The predicted octanol–water partition coefficient (Wildman–Crippen LogP) is 1.23. The molecular formula is C4H14O. The molecule has 0 heterocycles. The minimum absolute atomic E-state index is 0. The van der Waals surface area contributed by atoms with Gasteiger partial charge in [-0.3, -0.25) is 0 Å². The molecule has 0 rings (SSSR count). The van der Waals surface area contributed by atoms with E-state index in [2.05, 4.69) is 13.8 Å². The van der Waals surface area contributed by atoms with E-state index in [9.17, 15) is 0 Å². The zero-order chi connectivity index (χ0) is 3.41. The van der Waals surface area contributed by atoms with Gasteiger partial charge in [0.1, 0.15) is 0 Å². The van der Waals surface area contributed by atoms with Crippen LogP contribution in [0.4, 0.5) is 0 Å². The van der Waals surface area contributed by atoms with E-state index >= 15 is 0 Å². The van der Waals surface area contributed by atoms with Gasteiger partial charge in [-0.25, -0.2) is 0 Å². The monoisotopic (exact) mass is 78.1 g/mol.